The van der Waals surface area contributed by atoms with Gasteiger partial charge in [-0.05, 0) is 12.8 Å². The van der Waals surface area contributed by atoms with Gasteiger partial charge >= 0.3 is 0 Å². The van der Waals surface area contributed by atoms with E-state index in [1.54, 1.807) is 0 Å². The predicted octanol–water partition coefficient (Wildman–Crippen LogP) is 1.97. The maximum absolute atomic E-state index is 12.1. The molecule has 2 atom stereocenters. The summed E-state index contributed by atoms with van der Waals surface area (Å²) in [7, 11) is 0. The van der Waals surface area contributed by atoms with Gasteiger partial charge in [-0.3, -0.25) is 0 Å². The maximum Gasteiger partial charge on any atom is 0.104 e. The summed E-state index contributed by atoms with van der Waals surface area (Å²) in [5.41, 5.74) is 0. The van der Waals surface area contributed by atoms with Crippen LogP contribution in [0.15, 0.2) is 0 Å². The van der Waals surface area contributed by atoms with Crippen molar-refractivity contribution in [3.63, 3.8) is 0 Å². The summed E-state index contributed by atoms with van der Waals surface area (Å²) in [6.07, 6.45) is 1.14. The molecule has 42 valence electrons. The second-order valence-electron chi connectivity index (χ2n) is 2.01. The average molecular weight is 123 g/mol. The van der Waals surface area contributed by atoms with Crippen LogP contribution in [0.5, 0.6) is 0 Å². The van der Waals surface area contributed by atoms with Crippen molar-refractivity contribution in [1.82, 2.24) is 0 Å². The third-order valence-corrected chi connectivity index (χ3v) is 1.92. The quantitative estimate of drug-likeness (QED) is 0.467. The molecule has 0 bridgehead atoms. The molecule has 2 unspecified atom stereocenters. The Kier molecular flexibility index (Phi) is 1.53. The molecule has 1 aliphatic rings. The van der Waals surface area contributed by atoms with Crippen molar-refractivity contribution in [2.45, 2.75) is 19.0 Å². The summed E-state index contributed by atoms with van der Waals surface area (Å²) in [5, 5.41) is 0. The summed E-state index contributed by atoms with van der Waals surface area (Å²) in [6, 6.07) is 0. The van der Waals surface area contributed by atoms with Crippen molar-refractivity contribution in [2.24, 2.45) is 5.92 Å². The SMILES string of the molecule is FC1CCC1CCl. The lowest BCUT2D eigenvalue weighted by Crippen LogP contribution is -2.28. The number of rotatable bonds is 1. The lowest BCUT2D eigenvalue weighted by molar-refractivity contribution is 0.130. The fourth-order valence-corrected chi connectivity index (χ4v) is 1.05. The molecule has 2 heteroatoms. The molecule has 0 radical (unpaired) electrons. The molecule has 1 rings (SSSR count). The molecule has 1 fully saturated rings. The smallest absolute Gasteiger partial charge is 0.104 e. The van der Waals surface area contributed by atoms with Crippen LogP contribution in [0.3, 0.4) is 0 Å². The Morgan fingerprint density at radius 3 is 2.29 bits per heavy atom. The van der Waals surface area contributed by atoms with E-state index in [-0.39, 0.29) is 5.92 Å². The largest absolute Gasteiger partial charge is 0.247 e. The number of alkyl halides is 2. The van der Waals surface area contributed by atoms with Gasteiger partial charge in [-0.25, -0.2) is 4.39 Å². The third kappa shape index (κ3) is 0.880. The molecule has 0 heterocycles. The van der Waals surface area contributed by atoms with E-state index in [1.165, 1.54) is 0 Å². The second-order valence-corrected chi connectivity index (χ2v) is 2.32. The van der Waals surface area contributed by atoms with E-state index in [2.05, 4.69) is 0 Å². The Morgan fingerprint density at radius 2 is 2.29 bits per heavy atom. The fraction of sp³-hybridized carbons (Fsp3) is 1.00. The highest BCUT2D eigenvalue weighted by Crippen LogP contribution is 2.30. The van der Waals surface area contributed by atoms with Gasteiger partial charge in [-0.1, -0.05) is 0 Å². The molecule has 1 saturated carbocycles. The van der Waals surface area contributed by atoms with Crippen molar-refractivity contribution in [2.75, 3.05) is 5.88 Å². The third-order valence-electron chi connectivity index (χ3n) is 1.52. The van der Waals surface area contributed by atoms with Crippen LogP contribution < -0.4 is 0 Å². The van der Waals surface area contributed by atoms with Crippen LogP contribution in [0.4, 0.5) is 4.39 Å². The molecule has 0 aromatic heterocycles. The van der Waals surface area contributed by atoms with Crippen LogP contribution in [0.1, 0.15) is 12.8 Å². The minimum Gasteiger partial charge on any atom is -0.247 e. The van der Waals surface area contributed by atoms with E-state index in [0.29, 0.717) is 5.88 Å². The molecule has 0 amide bonds. The fourth-order valence-electron chi connectivity index (χ4n) is 0.702. The lowest BCUT2D eigenvalue weighted by atomic mass is 9.85. The van der Waals surface area contributed by atoms with Crippen molar-refractivity contribution in [3.05, 3.63) is 0 Å². The van der Waals surface area contributed by atoms with Crippen LogP contribution in [-0.4, -0.2) is 12.1 Å². The summed E-state index contributed by atoms with van der Waals surface area (Å²) >= 11 is 5.36. The van der Waals surface area contributed by atoms with Gasteiger partial charge in [0.15, 0.2) is 0 Å². The molecule has 0 aliphatic heterocycles. The molecule has 0 N–H and O–H groups in total. The van der Waals surface area contributed by atoms with Gasteiger partial charge in [0.2, 0.25) is 0 Å². The first-order chi connectivity index (χ1) is 3.34. The zero-order chi connectivity index (χ0) is 5.28. The van der Waals surface area contributed by atoms with Crippen LogP contribution >= 0.6 is 11.6 Å². The summed E-state index contributed by atoms with van der Waals surface area (Å²) < 4.78 is 12.1. The van der Waals surface area contributed by atoms with Gasteiger partial charge in [0.25, 0.3) is 0 Å². The molecule has 0 nitrogen and oxygen atoms in total. The number of hydrogen-bond acceptors (Lipinski definition) is 0. The zero-order valence-corrected chi connectivity index (χ0v) is 4.79. The monoisotopic (exact) mass is 122 g/mol. The number of hydrogen-bond donors (Lipinski definition) is 0. The predicted molar refractivity (Wildman–Crippen MR) is 28.3 cm³/mol. The van der Waals surface area contributed by atoms with Crippen LogP contribution in [0.25, 0.3) is 0 Å². The Hall–Kier alpha value is 0.220. The highest BCUT2D eigenvalue weighted by Gasteiger charge is 2.29. The van der Waals surface area contributed by atoms with Crippen molar-refractivity contribution in [3.8, 4) is 0 Å². The molecule has 0 aromatic carbocycles. The topological polar surface area (TPSA) is 0 Å². The first kappa shape index (κ1) is 5.36. The Bertz CT molecular complexity index is 63.1. The summed E-state index contributed by atoms with van der Waals surface area (Å²) in [5.74, 6) is 0.683. The van der Waals surface area contributed by atoms with Gasteiger partial charge in [0.1, 0.15) is 6.17 Å². The first-order valence-electron chi connectivity index (χ1n) is 2.54. The summed E-state index contributed by atoms with van der Waals surface area (Å²) in [4.78, 5) is 0. The highest BCUT2D eigenvalue weighted by atomic mass is 35.5. The highest BCUT2D eigenvalue weighted by molar-refractivity contribution is 6.18. The Labute approximate surface area is 47.7 Å². The van der Waals surface area contributed by atoms with E-state index in [0.717, 1.165) is 12.8 Å². The zero-order valence-electron chi connectivity index (χ0n) is 4.03. The van der Waals surface area contributed by atoms with Gasteiger partial charge in [0, 0.05) is 11.8 Å². The average Bonchev–Trinajstić information content (AvgIpc) is 1.65. The molecular weight excluding hydrogens is 115 g/mol. The van der Waals surface area contributed by atoms with E-state index in [4.69, 9.17) is 11.6 Å². The van der Waals surface area contributed by atoms with E-state index in [1.807, 2.05) is 0 Å². The molecule has 0 saturated heterocycles. The summed E-state index contributed by atoms with van der Waals surface area (Å²) in [6.45, 7) is 0. The number of halogens is 2. The van der Waals surface area contributed by atoms with Crippen molar-refractivity contribution in [1.29, 1.82) is 0 Å². The lowest BCUT2D eigenvalue weighted by Gasteiger charge is -2.27. The molecule has 0 aromatic rings. The molecule has 7 heavy (non-hydrogen) atoms. The Balaban J connectivity index is 2.16. The van der Waals surface area contributed by atoms with Gasteiger partial charge in [-0.15, -0.1) is 11.6 Å². The van der Waals surface area contributed by atoms with Crippen molar-refractivity contribution < 1.29 is 4.39 Å². The van der Waals surface area contributed by atoms with Crippen LogP contribution in [0.2, 0.25) is 0 Å². The van der Waals surface area contributed by atoms with Gasteiger partial charge < -0.3 is 0 Å². The minimum absolute atomic E-state index is 0.182. The van der Waals surface area contributed by atoms with Crippen molar-refractivity contribution >= 4 is 11.6 Å². The standard InChI is InChI=1S/C5H8ClF/c6-3-4-1-2-5(4)7/h4-5H,1-3H2. The molecular formula is C5H8ClF. The van der Waals surface area contributed by atoms with Gasteiger partial charge in [-0.2, -0.15) is 0 Å². The molecule has 0 spiro atoms. The molecule has 1 aliphatic carbocycles. The normalized spacial score (nSPS) is 40.3. The van der Waals surface area contributed by atoms with Crippen LogP contribution in [0, 0.1) is 5.92 Å². The Morgan fingerprint density at radius 1 is 1.57 bits per heavy atom. The maximum atomic E-state index is 12.1. The van der Waals surface area contributed by atoms with Crippen LogP contribution in [-0.2, 0) is 0 Å². The first-order valence-corrected chi connectivity index (χ1v) is 3.08. The second kappa shape index (κ2) is 1.99. The van der Waals surface area contributed by atoms with E-state index < -0.39 is 6.17 Å². The van der Waals surface area contributed by atoms with E-state index in [9.17, 15) is 4.39 Å². The minimum atomic E-state index is -0.586. The van der Waals surface area contributed by atoms with Gasteiger partial charge in [0.05, 0.1) is 0 Å². The van der Waals surface area contributed by atoms with E-state index >= 15 is 0 Å².